The minimum atomic E-state index is -0.213. The number of nitrogens with zero attached hydrogens (tertiary/aromatic N) is 4. The van der Waals surface area contributed by atoms with Crippen molar-refractivity contribution in [3.8, 4) is 5.75 Å². The van der Waals surface area contributed by atoms with Gasteiger partial charge in [0.1, 0.15) is 12.4 Å². The molecule has 0 fully saturated rings. The first-order valence-electron chi connectivity index (χ1n) is 8.41. The summed E-state index contributed by atoms with van der Waals surface area (Å²) in [6, 6.07) is 12.9. The van der Waals surface area contributed by atoms with E-state index in [1.54, 1.807) is 24.4 Å². The molecule has 0 aliphatic rings. The Bertz CT molecular complexity index is 949. The van der Waals surface area contributed by atoms with Crippen LogP contribution in [0, 0.1) is 0 Å². The van der Waals surface area contributed by atoms with Crippen LogP contribution in [-0.4, -0.2) is 31.4 Å². The molecule has 0 saturated heterocycles. The fourth-order valence-electron chi connectivity index (χ4n) is 2.31. The van der Waals surface area contributed by atoms with Crippen LogP contribution in [0.25, 0.3) is 0 Å². The van der Waals surface area contributed by atoms with Gasteiger partial charge in [-0.1, -0.05) is 47.6 Å². The van der Waals surface area contributed by atoms with E-state index in [0.717, 1.165) is 5.75 Å². The van der Waals surface area contributed by atoms with Crippen LogP contribution >= 0.6 is 23.4 Å². The third-order valence-electron chi connectivity index (χ3n) is 3.58. The molecular weight excluding hydrogens is 398 g/mol. The third kappa shape index (κ3) is 5.34. The molecule has 9 heteroatoms. The molecule has 1 N–H and O–H groups in total. The Kier molecular flexibility index (Phi) is 7.05. The number of hydrogen-bond donors (Lipinski definition) is 1. The van der Waals surface area contributed by atoms with Gasteiger partial charge in [-0.05, 0) is 24.3 Å². The highest BCUT2D eigenvalue weighted by Crippen LogP contribution is 2.21. The average Bonchev–Trinajstić information content (AvgIpc) is 3.09. The van der Waals surface area contributed by atoms with Gasteiger partial charge in [0.05, 0.1) is 11.4 Å². The number of allylic oxidation sites excluding steroid dienone is 1. The molecule has 0 bridgehead atoms. The van der Waals surface area contributed by atoms with Crippen LogP contribution in [0.3, 0.4) is 0 Å². The van der Waals surface area contributed by atoms with Crippen molar-refractivity contribution in [2.24, 2.45) is 0 Å². The maximum Gasteiger partial charge on any atom is 0.234 e. The predicted molar refractivity (Wildman–Crippen MR) is 110 cm³/mol. The van der Waals surface area contributed by atoms with Gasteiger partial charge in [-0.25, -0.2) is 4.98 Å². The highest BCUT2D eigenvalue weighted by Gasteiger charge is 2.14. The first-order chi connectivity index (χ1) is 13.7. The number of para-hydroxylation sites is 1. The fourth-order valence-corrected chi connectivity index (χ4v) is 3.24. The van der Waals surface area contributed by atoms with Crippen molar-refractivity contribution in [1.29, 1.82) is 0 Å². The summed E-state index contributed by atoms with van der Waals surface area (Å²) in [5.41, 5.74) is 0.472. The van der Waals surface area contributed by atoms with E-state index in [9.17, 15) is 4.79 Å². The third-order valence-corrected chi connectivity index (χ3v) is 4.85. The second-order valence-corrected chi connectivity index (χ2v) is 6.88. The molecule has 0 spiro atoms. The standard InChI is InChI=1S/C19H18ClN5O2S/c1-2-11-25-16(12-27-14-7-4-3-5-8-14)23-24-19(25)28-13-17(26)22-15-9-6-10-21-18(15)20/h2-10H,1,11-13H2,(H,22,26). The summed E-state index contributed by atoms with van der Waals surface area (Å²) >= 11 is 7.23. The minimum Gasteiger partial charge on any atom is -0.486 e. The largest absolute Gasteiger partial charge is 0.486 e. The number of halogens is 1. The first kappa shape index (κ1) is 19.9. The number of amides is 1. The Morgan fingerprint density at radius 3 is 2.82 bits per heavy atom. The molecule has 0 saturated carbocycles. The summed E-state index contributed by atoms with van der Waals surface area (Å²) in [5.74, 6) is 1.34. The molecule has 1 amide bonds. The second kappa shape index (κ2) is 9.91. The predicted octanol–water partition coefficient (Wildman–Crippen LogP) is 3.82. The second-order valence-electron chi connectivity index (χ2n) is 5.58. The number of aromatic nitrogens is 4. The lowest BCUT2D eigenvalue weighted by atomic mass is 10.3. The maximum atomic E-state index is 12.2. The molecule has 0 atom stereocenters. The highest BCUT2D eigenvalue weighted by molar-refractivity contribution is 7.99. The van der Waals surface area contributed by atoms with Crippen LogP contribution in [0.5, 0.6) is 5.75 Å². The molecule has 144 valence electrons. The monoisotopic (exact) mass is 415 g/mol. The van der Waals surface area contributed by atoms with Crippen molar-refractivity contribution in [2.75, 3.05) is 11.1 Å². The van der Waals surface area contributed by atoms with Crippen LogP contribution in [0.4, 0.5) is 5.69 Å². The van der Waals surface area contributed by atoms with Crippen molar-refractivity contribution >= 4 is 35.0 Å². The summed E-state index contributed by atoms with van der Waals surface area (Å²) in [5, 5.41) is 11.9. The van der Waals surface area contributed by atoms with Crippen LogP contribution in [0.15, 0.2) is 66.5 Å². The average molecular weight is 416 g/mol. The number of pyridine rings is 1. The van der Waals surface area contributed by atoms with Crippen LogP contribution in [0.1, 0.15) is 5.82 Å². The molecule has 7 nitrogen and oxygen atoms in total. The van der Waals surface area contributed by atoms with Gasteiger partial charge in [-0.15, -0.1) is 16.8 Å². The number of nitrogens with one attached hydrogen (secondary N) is 1. The Balaban J connectivity index is 1.61. The molecule has 0 aliphatic carbocycles. The number of thioether (sulfide) groups is 1. The number of carbonyl (C=O) groups excluding carboxylic acids is 1. The Hall–Kier alpha value is -2.84. The van der Waals surface area contributed by atoms with Crippen molar-refractivity contribution in [2.45, 2.75) is 18.3 Å². The maximum absolute atomic E-state index is 12.2. The Morgan fingerprint density at radius 2 is 2.07 bits per heavy atom. The smallest absolute Gasteiger partial charge is 0.234 e. The van der Waals surface area contributed by atoms with E-state index in [0.29, 0.717) is 23.2 Å². The SMILES string of the molecule is C=CCn1c(COc2ccccc2)nnc1SCC(=O)Nc1cccnc1Cl. The molecule has 0 unspecified atom stereocenters. The molecule has 0 aliphatic heterocycles. The van der Waals surface area contributed by atoms with Gasteiger partial charge in [0.2, 0.25) is 5.91 Å². The lowest BCUT2D eigenvalue weighted by molar-refractivity contribution is -0.113. The van der Waals surface area contributed by atoms with Crippen molar-refractivity contribution in [3.05, 3.63) is 72.3 Å². The van der Waals surface area contributed by atoms with Gasteiger partial charge < -0.3 is 10.1 Å². The normalized spacial score (nSPS) is 10.5. The number of hydrogen-bond acceptors (Lipinski definition) is 6. The molecule has 1 aromatic carbocycles. The summed E-state index contributed by atoms with van der Waals surface area (Å²) in [6.07, 6.45) is 3.30. The van der Waals surface area contributed by atoms with Crippen molar-refractivity contribution in [1.82, 2.24) is 19.7 Å². The summed E-state index contributed by atoms with van der Waals surface area (Å²) in [7, 11) is 0. The van der Waals surface area contributed by atoms with Gasteiger partial charge in [0.25, 0.3) is 0 Å². The number of carbonyl (C=O) groups is 1. The zero-order valence-corrected chi connectivity index (χ0v) is 16.5. The molecule has 2 aromatic heterocycles. The molecule has 2 heterocycles. The molecule has 28 heavy (non-hydrogen) atoms. The quantitative estimate of drug-likeness (QED) is 0.325. The van der Waals surface area contributed by atoms with Gasteiger partial charge in [0, 0.05) is 12.7 Å². The van der Waals surface area contributed by atoms with E-state index in [4.69, 9.17) is 16.3 Å². The minimum absolute atomic E-state index is 0.153. The van der Waals surface area contributed by atoms with Gasteiger partial charge in [0.15, 0.2) is 16.1 Å². The number of ether oxygens (including phenoxy) is 1. The van der Waals surface area contributed by atoms with Crippen LogP contribution in [0.2, 0.25) is 5.15 Å². The van der Waals surface area contributed by atoms with E-state index in [1.165, 1.54) is 11.8 Å². The van der Waals surface area contributed by atoms with Gasteiger partial charge >= 0.3 is 0 Å². The number of benzene rings is 1. The lowest BCUT2D eigenvalue weighted by Crippen LogP contribution is -2.15. The van der Waals surface area contributed by atoms with Crippen LogP contribution < -0.4 is 10.1 Å². The molecule has 0 radical (unpaired) electrons. The summed E-state index contributed by atoms with van der Waals surface area (Å²) in [6.45, 7) is 4.55. The topological polar surface area (TPSA) is 81.9 Å². The van der Waals surface area contributed by atoms with Crippen molar-refractivity contribution < 1.29 is 9.53 Å². The highest BCUT2D eigenvalue weighted by atomic mass is 35.5. The van der Waals surface area contributed by atoms with E-state index in [1.807, 2.05) is 34.9 Å². The zero-order valence-electron chi connectivity index (χ0n) is 14.9. The zero-order chi connectivity index (χ0) is 19.8. The lowest BCUT2D eigenvalue weighted by Gasteiger charge is -2.09. The van der Waals surface area contributed by atoms with Gasteiger partial charge in [-0.2, -0.15) is 0 Å². The number of rotatable bonds is 9. The van der Waals surface area contributed by atoms with E-state index < -0.39 is 0 Å². The number of anilines is 1. The van der Waals surface area contributed by atoms with Gasteiger partial charge in [-0.3, -0.25) is 9.36 Å². The van der Waals surface area contributed by atoms with E-state index in [-0.39, 0.29) is 23.4 Å². The summed E-state index contributed by atoms with van der Waals surface area (Å²) < 4.78 is 7.61. The first-order valence-corrected chi connectivity index (χ1v) is 9.77. The van der Waals surface area contributed by atoms with Crippen LogP contribution in [-0.2, 0) is 17.9 Å². The van der Waals surface area contributed by atoms with Crippen molar-refractivity contribution in [3.63, 3.8) is 0 Å². The fraction of sp³-hybridized carbons (Fsp3) is 0.158. The Morgan fingerprint density at radius 1 is 1.25 bits per heavy atom. The van der Waals surface area contributed by atoms with E-state index >= 15 is 0 Å². The molecule has 3 rings (SSSR count). The van der Waals surface area contributed by atoms with E-state index in [2.05, 4.69) is 27.1 Å². The summed E-state index contributed by atoms with van der Waals surface area (Å²) in [4.78, 5) is 16.1. The molecular formula is C19H18ClN5O2S. The Labute approximate surface area is 171 Å². The molecule has 3 aromatic rings.